The lowest BCUT2D eigenvalue weighted by molar-refractivity contribution is 0.594. The van der Waals surface area contributed by atoms with Crippen molar-refractivity contribution in [2.45, 2.75) is 18.4 Å². The number of sulfone groups is 1. The Labute approximate surface area is 220 Å². The smallest absolute Gasteiger partial charge is 0.306 e. The van der Waals surface area contributed by atoms with E-state index >= 15 is 4.39 Å². The fourth-order valence-electron chi connectivity index (χ4n) is 4.54. The number of hydrogen-bond donors (Lipinski definition) is 2. The summed E-state index contributed by atoms with van der Waals surface area (Å²) in [5.41, 5.74) is 3.58. The van der Waals surface area contributed by atoms with E-state index in [-0.39, 0.29) is 34.0 Å². The van der Waals surface area contributed by atoms with E-state index in [1.165, 1.54) is 23.7 Å². The molecule has 0 amide bonds. The molecule has 3 heterocycles. The Morgan fingerprint density at radius 2 is 1.87 bits per heavy atom. The van der Waals surface area contributed by atoms with Crippen LogP contribution in [0.3, 0.4) is 0 Å². The van der Waals surface area contributed by atoms with Crippen molar-refractivity contribution in [3.63, 3.8) is 0 Å². The predicted octanol–water partition coefficient (Wildman–Crippen LogP) is 3.31. The van der Waals surface area contributed by atoms with Gasteiger partial charge in [0.15, 0.2) is 15.7 Å². The van der Waals surface area contributed by atoms with E-state index in [0.717, 1.165) is 0 Å². The molecule has 0 saturated heterocycles. The first kappa shape index (κ1) is 24.3. The molecule has 2 N–H and O–H groups in total. The Morgan fingerprint density at radius 3 is 2.67 bits per heavy atom. The molecule has 11 nitrogen and oxygen atoms in total. The van der Waals surface area contributed by atoms with Gasteiger partial charge in [0.25, 0.3) is 0 Å². The number of nitriles is 1. The lowest BCUT2D eigenvalue weighted by Gasteiger charge is -2.13. The van der Waals surface area contributed by atoms with Gasteiger partial charge in [-0.2, -0.15) is 10.4 Å². The molecule has 39 heavy (non-hydrogen) atoms. The Bertz CT molecular complexity index is 2110. The van der Waals surface area contributed by atoms with Crippen LogP contribution in [0.2, 0.25) is 0 Å². The number of aromatic nitrogens is 7. The molecule has 13 heteroatoms. The van der Waals surface area contributed by atoms with Gasteiger partial charge in [0.2, 0.25) is 0 Å². The van der Waals surface area contributed by atoms with Gasteiger partial charge in [-0.25, -0.2) is 22.3 Å². The summed E-state index contributed by atoms with van der Waals surface area (Å²) in [6.45, 7) is 1.62. The molecule has 0 spiro atoms. The van der Waals surface area contributed by atoms with Gasteiger partial charge in [0.05, 0.1) is 56.8 Å². The number of imidazole rings is 1. The largest absolute Gasteiger partial charge is 0.323 e. The molecule has 6 aromatic rings. The van der Waals surface area contributed by atoms with Crippen molar-refractivity contribution in [2.24, 2.45) is 0 Å². The summed E-state index contributed by atoms with van der Waals surface area (Å²) in [5.74, 6) is -0.715. The minimum absolute atomic E-state index is 0.0626. The standard InChI is InChI=1S/C26H19FN8O3S/c1-2-39(37,38)24-9-15(13-28)3-4-16(24)14-34-22(7-8-29-34)17-10-19(27)25-23(11-17)35(33-32-25)18-5-6-20-21(12-18)31-26(36)30-20/h3-12H,2,14H2,1H3,(H2,30,31,36). The number of nitrogens with zero attached hydrogens (tertiary/aromatic N) is 6. The maximum atomic E-state index is 15.2. The number of H-pyrrole nitrogens is 2. The van der Waals surface area contributed by atoms with E-state index in [0.29, 0.717) is 39.1 Å². The third kappa shape index (κ3) is 4.16. The molecule has 0 atom stereocenters. The Morgan fingerprint density at radius 1 is 1.05 bits per heavy atom. The maximum absolute atomic E-state index is 15.2. The molecule has 0 unspecified atom stereocenters. The summed E-state index contributed by atoms with van der Waals surface area (Å²) in [7, 11) is -3.62. The molecule has 0 radical (unpaired) electrons. The van der Waals surface area contributed by atoms with Gasteiger partial charge in [-0.3, -0.25) is 4.68 Å². The third-order valence-electron chi connectivity index (χ3n) is 6.49. The summed E-state index contributed by atoms with van der Waals surface area (Å²) in [5, 5.41) is 21.7. The monoisotopic (exact) mass is 542 g/mol. The van der Waals surface area contributed by atoms with Crippen molar-refractivity contribution in [1.82, 2.24) is 34.7 Å². The van der Waals surface area contributed by atoms with E-state index < -0.39 is 15.7 Å². The molecule has 0 bridgehead atoms. The van der Waals surface area contributed by atoms with Crippen LogP contribution in [0.4, 0.5) is 4.39 Å². The van der Waals surface area contributed by atoms with Crippen molar-refractivity contribution < 1.29 is 12.8 Å². The molecular weight excluding hydrogens is 523 g/mol. The fraction of sp³-hybridized carbons (Fsp3) is 0.115. The molecule has 0 aliphatic carbocycles. The molecule has 0 saturated carbocycles. The summed E-state index contributed by atoms with van der Waals surface area (Å²) in [4.78, 5) is 17.1. The highest BCUT2D eigenvalue weighted by Gasteiger charge is 2.20. The van der Waals surface area contributed by atoms with Crippen LogP contribution in [0.5, 0.6) is 0 Å². The first-order valence-electron chi connectivity index (χ1n) is 11.8. The minimum Gasteiger partial charge on any atom is -0.306 e. The van der Waals surface area contributed by atoms with Crippen LogP contribution in [0, 0.1) is 17.1 Å². The number of rotatable bonds is 6. The number of aromatic amines is 2. The highest BCUT2D eigenvalue weighted by Crippen LogP contribution is 2.29. The van der Waals surface area contributed by atoms with Gasteiger partial charge >= 0.3 is 5.69 Å². The van der Waals surface area contributed by atoms with Gasteiger partial charge in [-0.15, -0.1) is 5.10 Å². The SMILES string of the molecule is CCS(=O)(=O)c1cc(C#N)ccc1Cn1nccc1-c1cc(F)c2nnn(-c3ccc4[nH]c(=O)[nH]c4c3)c2c1. The molecule has 3 aromatic heterocycles. The zero-order valence-corrected chi connectivity index (χ0v) is 21.2. The van der Waals surface area contributed by atoms with Crippen molar-refractivity contribution in [2.75, 3.05) is 5.75 Å². The quantitative estimate of drug-likeness (QED) is 0.327. The zero-order valence-electron chi connectivity index (χ0n) is 20.4. The van der Waals surface area contributed by atoms with Crippen molar-refractivity contribution in [1.29, 1.82) is 5.26 Å². The summed E-state index contributed by atoms with van der Waals surface area (Å²) >= 11 is 0. The van der Waals surface area contributed by atoms with Gasteiger partial charge in [0, 0.05) is 11.8 Å². The van der Waals surface area contributed by atoms with Gasteiger partial charge in [0.1, 0.15) is 5.52 Å². The van der Waals surface area contributed by atoms with Crippen LogP contribution >= 0.6 is 0 Å². The second-order valence-electron chi connectivity index (χ2n) is 8.85. The second kappa shape index (κ2) is 9.03. The van der Waals surface area contributed by atoms with Crippen LogP contribution in [0.25, 0.3) is 39.0 Å². The van der Waals surface area contributed by atoms with Crippen LogP contribution in [-0.2, 0) is 16.4 Å². The lowest BCUT2D eigenvalue weighted by Crippen LogP contribution is -2.12. The molecule has 6 rings (SSSR count). The van der Waals surface area contributed by atoms with Gasteiger partial charge in [-0.1, -0.05) is 18.2 Å². The van der Waals surface area contributed by atoms with Gasteiger partial charge < -0.3 is 9.97 Å². The number of benzene rings is 3. The Kier molecular flexibility index (Phi) is 5.62. The molecule has 3 aromatic carbocycles. The van der Waals surface area contributed by atoms with Crippen molar-refractivity contribution >= 4 is 31.9 Å². The topological polar surface area (TPSA) is 155 Å². The summed E-state index contributed by atoms with van der Waals surface area (Å²) in [6, 6.07) is 16.4. The van der Waals surface area contributed by atoms with E-state index in [2.05, 4.69) is 25.4 Å². The number of hydrogen-bond acceptors (Lipinski definition) is 7. The third-order valence-corrected chi connectivity index (χ3v) is 8.30. The normalized spacial score (nSPS) is 11.8. The first-order valence-corrected chi connectivity index (χ1v) is 13.5. The molecule has 0 fully saturated rings. The van der Waals surface area contributed by atoms with E-state index in [1.54, 1.807) is 53.3 Å². The van der Waals surface area contributed by atoms with E-state index in [9.17, 15) is 18.5 Å². The first-order chi connectivity index (χ1) is 18.8. The molecule has 0 aliphatic rings. The predicted molar refractivity (Wildman–Crippen MR) is 141 cm³/mol. The molecule has 194 valence electrons. The van der Waals surface area contributed by atoms with Crippen LogP contribution in [0.1, 0.15) is 18.1 Å². The average Bonchev–Trinajstić information content (AvgIpc) is 3.66. The number of nitrogens with one attached hydrogen (secondary N) is 2. The van der Waals surface area contributed by atoms with E-state index in [1.807, 2.05) is 6.07 Å². The fourth-order valence-corrected chi connectivity index (χ4v) is 5.69. The van der Waals surface area contributed by atoms with Crippen molar-refractivity contribution in [3.05, 3.63) is 88.2 Å². The molecule has 0 aliphatic heterocycles. The van der Waals surface area contributed by atoms with E-state index in [4.69, 9.17) is 0 Å². The second-order valence-corrected chi connectivity index (χ2v) is 11.1. The van der Waals surface area contributed by atoms with Crippen LogP contribution in [0.15, 0.2) is 70.5 Å². The maximum Gasteiger partial charge on any atom is 0.323 e. The minimum atomic E-state index is -3.62. The van der Waals surface area contributed by atoms with Crippen LogP contribution < -0.4 is 5.69 Å². The number of fused-ring (bicyclic) bond motifs is 2. The lowest BCUT2D eigenvalue weighted by atomic mass is 10.1. The van der Waals surface area contributed by atoms with Gasteiger partial charge in [-0.05, 0) is 54.1 Å². The Balaban J connectivity index is 1.45. The average molecular weight is 543 g/mol. The summed E-state index contributed by atoms with van der Waals surface area (Å²) < 4.78 is 43.8. The molecular formula is C26H19FN8O3S. The Hall–Kier alpha value is -5.09. The van der Waals surface area contributed by atoms with Crippen molar-refractivity contribution in [3.8, 4) is 23.0 Å². The highest BCUT2D eigenvalue weighted by atomic mass is 32.2. The zero-order chi connectivity index (χ0) is 27.3. The summed E-state index contributed by atoms with van der Waals surface area (Å²) in [6.07, 6.45) is 1.54. The van der Waals surface area contributed by atoms with Crippen LogP contribution in [-0.4, -0.2) is 48.9 Å². The highest BCUT2D eigenvalue weighted by molar-refractivity contribution is 7.91. The number of halogens is 1.